The van der Waals surface area contributed by atoms with Crippen molar-refractivity contribution in [3.05, 3.63) is 76.8 Å². The van der Waals surface area contributed by atoms with Gasteiger partial charge in [-0.1, -0.05) is 19.1 Å². The Morgan fingerprint density at radius 1 is 0.918 bits per heavy atom. The first-order valence-corrected chi connectivity index (χ1v) is 20.2. The van der Waals surface area contributed by atoms with E-state index in [0.717, 1.165) is 4.90 Å². The number of piperazine rings is 1. The van der Waals surface area contributed by atoms with Crippen molar-refractivity contribution in [1.82, 2.24) is 25.1 Å². The van der Waals surface area contributed by atoms with Crippen molar-refractivity contribution in [3.63, 3.8) is 0 Å². The van der Waals surface area contributed by atoms with E-state index in [-0.39, 0.29) is 85.3 Å². The number of nitrogens with zero attached hydrogens (tertiary/aromatic N) is 5. The summed E-state index contributed by atoms with van der Waals surface area (Å²) in [5, 5.41) is 6.25. The maximum Gasteiger partial charge on any atom is 0.264 e. The quantitative estimate of drug-likeness (QED) is 0.0635. The van der Waals surface area contributed by atoms with Crippen LogP contribution in [0.5, 0.6) is 5.75 Å². The van der Waals surface area contributed by atoms with E-state index >= 15 is 4.39 Å². The van der Waals surface area contributed by atoms with Crippen LogP contribution in [0.2, 0.25) is 5.02 Å². The van der Waals surface area contributed by atoms with Gasteiger partial charge < -0.3 is 34.1 Å². The summed E-state index contributed by atoms with van der Waals surface area (Å²) in [6.45, 7) is 6.44. The number of anilines is 2. The maximum absolute atomic E-state index is 15.4. The van der Waals surface area contributed by atoms with Crippen LogP contribution in [0.25, 0.3) is 22.0 Å². The molecule has 1 aromatic heterocycles. The molecule has 1 atom stereocenters. The molecule has 4 heterocycles. The van der Waals surface area contributed by atoms with Crippen molar-refractivity contribution in [2.75, 3.05) is 89.2 Å². The van der Waals surface area contributed by atoms with Crippen LogP contribution in [-0.4, -0.2) is 134 Å². The number of imide groups is 2. The second-order valence-corrected chi connectivity index (χ2v) is 14.5. The van der Waals surface area contributed by atoms with Crippen LogP contribution in [-0.2, 0) is 54.4 Å². The topological polar surface area (TPSA) is 182 Å². The summed E-state index contributed by atoms with van der Waals surface area (Å²) in [6, 6.07) is 13.3. The first kappa shape index (κ1) is 45.6. The third kappa shape index (κ3) is 10.4. The second-order valence-electron chi connectivity index (χ2n) is 14.1. The summed E-state index contributed by atoms with van der Waals surface area (Å²) in [5.41, 5.74) is 1.76. The number of benzene rings is 3. The second kappa shape index (κ2) is 21.3. The van der Waals surface area contributed by atoms with Gasteiger partial charge in [-0.3, -0.25) is 39.2 Å². The fourth-order valence-electron chi connectivity index (χ4n) is 7.36. The molecule has 2 saturated heterocycles. The number of amides is 5. The van der Waals surface area contributed by atoms with Gasteiger partial charge in [-0.05, 0) is 52.2 Å². The summed E-state index contributed by atoms with van der Waals surface area (Å²) in [7, 11) is 0. The molecule has 19 heteroatoms. The van der Waals surface area contributed by atoms with Gasteiger partial charge in [0.25, 0.3) is 11.8 Å². The van der Waals surface area contributed by atoms with E-state index in [4.69, 9.17) is 30.5 Å². The van der Waals surface area contributed by atoms with E-state index in [2.05, 4.69) is 31.6 Å². The van der Waals surface area contributed by atoms with Crippen LogP contribution < -0.4 is 20.3 Å². The Morgan fingerprint density at radius 2 is 1.62 bits per heavy atom. The molecule has 3 aromatic carbocycles. The molecule has 1 unspecified atom stereocenters. The van der Waals surface area contributed by atoms with Crippen LogP contribution in [0.15, 0.2) is 48.8 Å². The average molecular weight is 1020 g/mol. The maximum atomic E-state index is 15.4. The summed E-state index contributed by atoms with van der Waals surface area (Å²) < 4.78 is 38.2. The van der Waals surface area contributed by atoms with Gasteiger partial charge in [0.05, 0.1) is 68.2 Å². The average Bonchev–Trinajstić information content (AvgIpc) is 3.50. The van der Waals surface area contributed by atoms with Gasteiger partial charge in [-0.2, -0.15) is 0 Å². The molecule has 3 aliphatic rings. The minimum atomic E-state index is -1.04. The zero-order chi connectivity index (χ0) is 42.2. The van der Waals surface area contributed by atoms with Crippen molar-refractivity contribution in [1.29, 1.82) is 0 Å². The van der Waals surface area contributed by atoms with Gasteiger partial charge in [0.15, 0.2) is 0 Å². The Hall–Kier alpha value is -4.88. The van der Waals surface area contributed by atoms with Crippen LogP contribution in [0.3, 0.4) is 0 Å². The van der Waals surface area contributed by atoms with E-state index in [1.165, 1.54) is 18.5 Å². The SMILES string of the molecule is CCC(=O)N1CCN(c2ncnc3[c-]c(-c4c(F)cccc4OCCOCCOCCOCCNc4cccc5c4C(=O)N(C4CCC(=O)NC4=O)C5=O)c(Cl)cc23)CC1.[Hf]. The Balaban J connectivity index is 0.00000622. The standard InChI is InChI=1S/C42H44ClFN7O9.Hf/c1-2-36(53)49-12-14-50(15-13-49)39-28-23-29(43)27(24-32(28)46-25-47-39)37-30(44)6-4-8-34(37)60-22-21-59-20-19-58-18-17-57-16-11-45-31-7-3-5-26-38(31)42(56)51(41(26)55)33-9-10-35(52)48-40(33)54;/h3-8,23,25,33,45H,2,9-22H2,1H3,(H,48,52,54);/q-1;. The zero-order valence-corrected chi connectivity index (χ0v) is 37.8. The molecule has 5 amide bonds. The van der Waals surface area contributed by atoms with E-state index in [1.807, 2.05) is 11.8 Å². The molecule has 0 aliphatic carbocycles. The number of nitrogens with one attached hydrogen (secondary N) is 2. The molecule has 0 radical (unpaired) electrons. The van der Waals surface area contributed by atoms with Crippen molar-refractivity contribution in [2.45, 2.75) is 32.2 Å². The van der Waals surface area contributed by atoms with Crippen LogP contribution in [0.1, 0.15) is 46.9 Å². The molecule has 0 saturated carbocycles. The predicted molar refractivity (Wildman–Crippen MR) is 217 cm³/mol. The van der Waals surface area contributed by atoms with E-state index in [1.54, 1.807) is 30.3 Å². The van der Waals surface area contributed by atoms with E-state index in [0.29, 0.717) is 100 Å². The van der Waals surface area contributed by atoms with Crippen molar-refractivity contribution < 1.29 is 73.2 Å². The minimum absolute atomic E-state index is 0. The number of halogens is 2. The number of aromatic nitrogens is 2. The van der Waals surface area contributed by atoms with Gasteiger partial charge >= 0.3 is 0 Å². The van der Waals surface area contributed by atoms with Gasteiger partial charge in [0.2, 0.25) is 17.7 Å². The Bertz CT molecular complexity index is 2280. The summed E-state index contributed by atoms with van der Waals surface area (Å²) in [4.78, 5) is 76.1. The largest absolute Gasteiger partial charge is 0.500 e. The summed E-state index contributed by atoms with van der Waals surface area (Å²) in [6.07, 6.45) is 2.03. The fraction of sp³-hybridized carbons (Fsp3) is 0.405. The third-order valence-corrected chi connectivity index (χ3v) is 10.6. The van der Waals surface area contributed by atoms with E-state index < -0.39 is 35.5 Å². The number of rotatable bonds is 18. The molecule has 16 nitrogen and oxygen atoms in total. The molecule has 7 rings (SSSR count). The zero-order valence-electron chi connectivity index (χ0n) is 33.5. The van der Waals surface area contributed by atoms with Crippen LogP contribution in [0, 0.1) is 11.9 Å². The summed E-state index contributed by atoms with van der Waals surface area (Å²) in [5.74, 6) is -1.71. The normalized spacial score (nSPS) is 16.4. The molecular formula is C42H44ClFHfN7O9-. The van der Waals surface area contributed by atoms with Crippen molar-refractivity contribution in [3.8, 4) is 16.9 Å². The van der Waals surface area contributed by atoms with Crippen molar-refractivity contribution in [2.24, 2.45) is 0 Å². The molecule has 320 valence electrons. The first-order chi connectivity index (χ1) is 29.2. The van der Waals surface area contributed by atoms with Crippen molar-refractivity contribution >= 4 is 63.5 Å². The fourth-order valence-corrected chi connectivity index (χ4v) is 7.61. The molecule has 0 bridgehead atoms. The number of fused-ring (bicyclic) bond motifs is 2. The predicted octanol–water partition coefficient (Wildman–Crippen LogP) is 3.89. The van der Waals surface area contributed by atoms with Gasteiger partial charge in [0.1, 0.15) is 19.0 Å². The number of hydrogen-bond donors (Lipinski definition) is 2. The smallest absolute Gasteiger partial charge is 0.264 e. The van der Waals surface area contributed by atoms with Crippen LogP contribution in [0.4, 0.5) is 15.9 Å². The Kier molecular flexibility index (Phi) is 15.9. The summed E-state index contributed by atoms with van der Waals surface area (Å²) >= 11 is 6.77. The first-order valence-electron chi connectivity index (χ1n) is 19.8. The number of carbonyl (C=O) groups excluding carboxylic acids is 5. The Morgan fingerprint density at radius 3 is 2.34 bits per heavy atom. The van der Waals surface area contributed by atoms with Crippen LogP contribution >= 0.6 is 11.6 Å². The number of carbonyl (C=O) groups is 5. The minimum Gasteiger partial charge on any atom is -0.500 e. The number of ether oxygens (including phenoxy) is 4. The van der Waals surface area contributed by atoms with E-state index in [9.17, 15) is 24.0 Å². The molecule has 3 aliphatic heterocycles. The van der Waals surface area contributed by atoms with Gasteiger partial charge in [-0.25, -0.2) is 9.37 Å². The molecule has 61 heavy (non-hydrogen) atoms. The molecule has 4 aromatic rings. The van der Waals surface area contributed by atoms with Gasteiger partial charge in [0, 0.05) is 77.1 Å². The molecule has 0 spiro atoms. The number of hydrogen-bond acceptors (Lipinski definition) is 13. The third-order valence-electron chi connectivity index (χ3n) is 10.3. The number of piperidine rings is 1. The molecule has 2 N–H and O–H groups in total. The monoisotopic (exact) mass is 1020 g/mol. The Labute approximate surface area is 375 Å². The molecule has 2 fully saturated rings. The van der Waals surface area contributed by atoms with Gasteiger partial charge in [-0.15, -0.1) is 29.3 Å². The molecular weight excluding hydrogens is 979 g/mol.